The van der Waals surface area contributed by atoms with Crippen LogP contribution >= 0.6 is 12.2 Å². The zero-order valence-electron chi connectivity index (χ0n) is 16.4. The number of ether oxygens (including phenoxy) is 2. The fraction of sp³-hybridized carbons (Fsp3) is 0.238. The summed E-state index contributed by atoms with van der Waals surface area (Å²) in [4.78, 5) is 24.4. The van der Waals surface area contributed by atoms with Crippen molar-refractivity contribution in [3.63, 3.8) is 0 Å². The monoisotopic (exact) mass is 427 g/mol. The Morgan fingerprint density at radius 3 is 2.73 bits per heavy atom. The van der Waals surface area contributed by atoms with Gasteiger partial charge in [-0.2, -0.15) is 0 Å². The van der Waals surface area contributed by atoms with E-state index in [2.05, 4.69) is 10.4 Å². The van der Waals surface area contributed by atoms with Gasteiger partial charge in [-0.1, -0.05) is 31.2 Å². The molecule has 9 heteroatoms. The van der Waals surface area contributed by atoms with Crippen LogP contribution < -0.4 is 10.1 Å². The Kier molecular flexibility index (Phi) is 7.34. The highest BCUT2D eigenvalue weighted by atomic mass is 32.1. The van der Waals surface area contributed by atoms with Gasteiger partial charge in [-0.3, -0.25) is 4.79 Å². The summed E-state index contributed by atoms with van der Waals surface area (Å²) in [5.74, 6) is 0.129. The first kappa shape index (κ1) is 21.3. The standard InChI is InChI=1S/C21H21N3O5S/c1-2-11-27-20(26)15-7-6-8-16(12-15)22-18(25)13-24-21(30)29-19(23-24)14-28-17-9-4-3-5-10-17/h3-10,12H,2,11,13-14H2,1H3,(H,22,25). The van der Waals surface area contributed by atoms with Crippen LogP contribution in [0.5, 0.6) is 5.75 Å². The van der Waals surface area contributed by atoms with Crippen molar-refractivity contribution in [1.82, 2.24) is 9.78 Å². The van der Waals surface area contributed by atoms with Gasteiger partial charge in [0, 0.05) is 5.69 Å². The van der Waals surface area contributed by atoms with Crippen LogP contribution in [-0.2, 0) is 22.7 Å². The Labute approximate surface area is 178 Å². The van der Waals surface area contributed by atoms with E-state index in [0.717, 1.165) is 6.42 Å². The van der Waals surface area contributed by atoms with Crippen LogP contribution in [0.4, 0.5) is 5.69 Å². The van der Waals surface area contributed by atoms with Gasteiger partial charge in [0.2, 0.25) is 5.91 Å². The summed E-state index contributed by atoms with van der Waals surface area (Å²) in [6, 6.07) is 15.7. The molecular formula is C21H21N3O5S. The Balaban J connectivity index is 1.58. The van der Waals surface area contributed by atoms with Gasteiger partial charge in [0.25, 0.3) is 10.7 Å². The van der Waals surface area contributed by atoms with Crippen LogP contribution in [0, 0.1) is 4.84 Å². The molecule has 0 atom stereocenters. The second-order valence-corrected chi connectivity index (χ2v) is 6.64. The van der Waals surface area contributed by atoms with Crippen molar-refractivity contribution in [1.29, 1.82) is 0 Å². The summed E-state index contributed by atoms with van der Waals surface area (Å²) >= 11 is 5.12. The number of aromatic nitrogens is 2. The molecule has 0 radical (unpaired) electrons. The molecule has 0 unspecified atom stereocenters. The van der Waals surface area contributed by atoms with Gasteiger partial charge in [-0.15, -0.1) is 5.10 Å². The van der Waals surface area contributed by atoms with E-state index < -0.39 is 5.97 Å². The van der Waals surface area contributed by atoms with Crippen molar-refractivity contribution >= 4 is 29.8 Å². The van der Waals surface area contributed by atoms with Crippen molar-refractivity contribution in [2.24, 2.45) is 0 Å². The Bertz CT molecular complexity index is 1060. The lowest BCUT2D eigenvalue weighted by molar-refractivity contribution is -0.117. The molecule has 0 bridgehead atoms. The highest BCUT2D eigenvalue weighted by molar-refractivity contribution is 7.71. The minimum atomic E-state index is -0.435. The number of benzene rings is 2. The van der Waals surface area contributed by atoms with E-state index in [-0.39, 0.29) is 29.8 Å². The van der Waals surface area contributed by atoms with Crippen LogP contribution in [0.1, 0.15) is 29.6 Å². The van der Waals surface area contributed by atoms with Gasteiger partial charge >= 0.3 is 5.97 Å². The molecule has 3 rings (SSSR count). The summed E-state index contributed by atoms with van der Waals surface area (Å²) in [6.07, 6.45) is 0.735. The minimum absolute atomic E-state index is 0.0636. The molecular weight excluding hydrogens is 406 g/mol. The third kappa shape index (κ3) is 6.02. The van der Waals surface area contributed by atoms with Crippen LogP contribution in [0.15, 0.2) is 59.0 Å². The number of para-hydroxylation sites is 1. The molecule has 3 aromatic rings. The summed E-state index contributed by atoms with van der Waals surface area (Å²) in [5.41, 5.74) is 0.827. The number of rotatable bonds is 9. The highest BCUT2D eigenvalue weighted by Gasteiger charge is 2.12. The van der Waals surface area contributed by atoms with Crippen LogP contribution in [0.2, 0.25) is 0 Å². The van der Waals surface area contributed by atoms with Crippen molar-refractivity contribution in [3.05, 3.63) is 70.9 Å². The normalized spacial score (nSPS) is 10.4. The largest absolute Gasteiger partial charge is 0.484 e. The van der Waals surface area contributed by atoms with E-state index >= 15 is 0 Å². The minimum Gasteiger partial charge on any atom is -0.484 e. The van der Waals surface area contributed by atoms with Crippen molar-refractivity contribution in [2.75, 3.05) is 11.9 Å². The number of nitrogens with one attached hydrogen (secondary N) is 1. The molecule has 30 heavy (non-hydrogen) atoms. The lowest BCUT2D eigenvalue weighted by atomic mass is 10.2. The van der Waals surface area contributed by atoms with E-state index in [0.29, 0.717) is 23.6 Å². The maximum absolute atomic E-state index is 12.4. The summed E-state index contributed by atoms with van der Waals surface area (Å²) in [6.45, 7) is 2.20. The fourth-order valence-corrected chi connectivity index (χ4v) is 2.71. The van der Waals surface area contributed by atoms with E-state index in [1.165, 1.54) is 4.68 Å². The van der Waals surface area contributed by atoms with Gasteiger partial charge < -0.3 is 19.2 Å². The molecule has 0 aliphatic carbocycles. The topological polar surface area (TPSA) is 95.6 Å². The Morgan fingerprint density at radius 1 is 1.17 bits per heavy atom. The van der Waals surface area contributed by atoms with Crippen molar-refractivity contribution < 1.29 is 23.5 Å². The third-order valence-electron chi connectivity index (χ3n) is 3.87. The third-order valence-corrected chi connectivity index (χ3v) is 4.16. The molecule has 0 saturated carbocycles. The van der Waals surface area contributed by atoms with Crippen molar-refractivity contribution in [3.8, 4) is 5.75 Å². The molecule has 0 saturated heterocycles. The van der Waals surface area contributed by atoms with Gasteiger partial charge in [-0.25, -0.2) is 9.48 Å². The first-order chi connectivity index (χ1) is 14.5. The number of nitrogens with zero attached hydrogens (tertiary/aromatic N) is 2. The van der Waals surface area contributed by atoms with Gasteiger partial charge in [-0.05, 0) is 49.0 Å². The average molecular weight is 427 g/mol. The molecule has 1 N–H and O–H groups in total. The highest BCUT2D eigenvalue weighted by Crippen LogP contribution is 2.13. The zero-order chi connectivity index (χ0) is 21.3. The Morgan fingerprint density at radius 2 is 1.97 bits per heavy atom. The van der Waals surface area contributed by atoms with Crippen LogP contribution in [-0.4, -0.2) is 28.3 Å². The zero-order valence-corrected chi connectivity index (χ0v) is 17.2. The lowest BCUT2D eigenvalue weighted by Gasteiger charge is -2.07. The number of hydrogen-bond donors (Lipinski definition) is 1. The number of carbonyl (C=O) groups excluding carboxylic acids is 2. The van der Waals surface area contributed by atoms with Crippen LogP contribution in [0.25, 0.3) is 0 Å². The predicted molar refractivity (Wildman–Crippen MR) is 112 cm³/mol. The molecule has 8 nitrogen and oxygen atoms in total. The number of carbonyl (C=O) groups is 2. The van der Waals surface area contributed by atoms with Gasteiger partial charge in [0.05, 0.1) is 12.2 Å². The number of anilines is 1. The van der Waals surface area contributed by atoms with Gasteiger partial charge in [0.15, 0.2) is 6.61 Å². The smallest absolute Gasteiger partial charge is 0.338 e. The summed E-state index contributed by atoms with van der Waals surface area (Å²) in [5, 5.41) is 6.88. The first-order valence-electron chi connectivity index (χ1n) is 9.37. The molecule has 0 spiro atoms. The molecule has 1 amide bonds. The predicted octanol–water partition coefficient (Wildman–Crippen LogP) is 3.99. The molecule has 1 aromatic heterocycles. The number of esters is 1. The van der Waals surface area contributed by atoms with Gasteiger partial charge in [0.1, 0.15) is 12.3 Å². The quantitative estimate of drug-likeness (QED) is 0.407. The van der Waals surface area contributed by atoms with Crippen molar-refractivity contribution in [2.45, 2.75) is 26.5 Å². The molecule has 156 valence electrons. The van der Waals surface area contributed by atoms with E-state index in [1.54, 1.807) is 24.3 Å². The van der Waals surface area contributed by atoms with E-state index in [9.17, 15) is 9.59 Å². The molecule has 1 heterocycles. The number of hydrogen-bond acceptors (Lipinski definition) is 7. The lowest BCUT2D eigenvalue weighted by Crippen LogP contribution is -2.20. The summed E-state index contributed by atoms with van der Waals surface area (Å²) < 4.78 is 17.3. The SMILES string of the molecule is CCCOC(=O)c1cccc(NC(=O)Cn2nc(COc3ccccc3)oc2=S)c1. The summed E-state index contributed by atoms with van der Waals surface area (Å²) in [7, 11) is 0. The average Bonchev–Trinajstić information content (AvgIpc) is 3.10. The maximum Gasteiger partial charge on any atom is 0.338 e. The Hall–Kier alpha value is -3.46. The molecule has 0 aliphatic rings. The first-order valence-corrected chi connectivity index (χ1v) is 9.77. The second kappa shape index (κ2) is 10.4. The maximum atomic E-state index is 12.4. The molecule has 0 fully saturated rings. The van der Waals surface area contributed by atoms with Crippen LogP contribution in [0.3, 0.4) is 0 Å². The van der Waals surface area contributed by atoms with E-state index in [4.69, 9.17) is 26.1 Å². The second-order valence-electron chi connectivity index (χ2n) is 6.29. The van der Waals surface area contributed by atoms with E-state index in [1.807, 2.05) is 37.3 Å². The fourth-order valence-electron chi connectivity index (χ4n) is 2.51. The molecule has 0 aliphatic heterocycles. The number of amides is 1. The molecule has 2 aromatic carbocycles.